The standard InChI is InChI=1S/C12H15NO2/c1-9-8-10(14-2)4-5-11(9)12(15-3)6-7-13/h4-8,13H,1-3H3/b12-6-,13-7?. The quantitative estimate of drug-likeness (QED) is 0.606. The molecule has 0 amide bonds. The highest BCUT2D eigenvalue weighted by Gasteiger charge is 2.05. The lowest BCUT2D eigenvalue weighted by Gasteiger charge is -2.10. The Kier molecular flexibility index (Phi) is 3.92. The number of methoxy groups -OCH3 is 2. The molecular weight excluding hydrogens is 190 g/mol. The average molecular weight is 205 g/mol. The number of hydrogen-bond acceptors (Lipinski definition) is 3. The van der Waals surface area contributed by atoms with E-state index in [4.69, 9.17) is 14.9 Å². The van der Waals surface area contributed by atoms with Gasteiger partial charge in [-0.3, -0.25) is 0 Å². The van der Waals surface area contributed by atoms with Crippen molar-refractivity contribution in [2.75, 3.05) is 14.2 Å². The number of allylic oxidation sites excluding steroid dienone is 1. The van der Waals surface area contributed by atoms with E-state index < -0.39 is 0 Å². The van der Waals surface area contributed by atoms with Crippen LogP contribution in [0.2, 0.25) is 0 Å². The van der Waals surface area contributed by atoms with Gasteiger partial charge in [-0.1, -0.05) is 0 Å². The van der Waals surface area contributed by atoms with Crippen LogP contribution in [-0.4, -0.2) is 20.4 Å². The van der Waals surface area contributed by atoms with Crippen LogP contribution in [0, 0.1) is 12.3 Å². The Morgan fingerprint density at radius 3 is 2.53 bits per heavy atom. The first-order valence-corrected chi connectivity index (χ1v) is 4.62. The molecule has 1 aromatic carbocycles. The van der Waals surface area contributed by atoms with Gasteiger partial charge in [0, 0.05) is 11.8 Å². The minimum Gasteiger partial charge on any atom is -0.497 e. The topological polar surface area (TPSA) is 42.3 Å². The van der Waals surface area contributed by atoms with Crippen molar-refractivity contribution in [1.82, 2.24) is 0 Å². The van der Waals surface area contributed by atoms with Gasteiger partial charge < -0.3 is 14.9 Å². The van der Waals surface area contributed by atoms with E-state index in [9.17, 15) is 0 Å². The van der Waals surface area contributed by atoms with Gasteiger partial charge in [0.15, 0.2) is 0 Å². The molecule has 0 atom stereocenters. The van der Waals surface area contributed by atoms with Crippen LogP contribution in [0.3, 0.4) is 0 Å². The van der Waals surface area contributed by atoms with Gasteiger partial charge in [0.05, 0.1) is 14.2 Å². The second kappa shape index (κ2) is 5.20. The van der Waals surface area contributed by atoms with Gasteiger partial charge in [-0.15, -0.1) is 0 Å². The van der Waals surface area contributed by atoms with Crippen molar-refractivity contribution in [2.24, 2.45) is 0 Å². The summed E-state index contributed by atoms with van der Waals surface area (Å²) in [6, 6.07) is 5.73. The van der Waals surface area contributed by atoms with Gasteiger partial charge >= 0.3 is 0 Å². The van der Waals surface area contributed by atoms with E-state index in [0.29, 0.717) is 5.76 Å². The van der Waals surface area contributed by atoms with Gasteiger partial charge in [0.1, 0.15) is 11.5 Å². The minimum atomic E-state index is 0.685. The van der Waals surface area contributed by atoms with Crippen molar-refractivity contribution < 1.29 is 9.47 Å². The molecule has 0 unspecified atom stereocenters. The van der Waals surface area contributed by atoms with Gasteiger partial charge in [-0.2, -0.15) is 0 Å². The fraction of sp³-hybridized carbons (Fsp3) is 0.250. The maximum Gasteiger partial charge on any atom is 0.127 e. The van der Waals surface area contributed by atoms with Crippen LogP contribution in [0.4, 0.5) is 0 Å². The van der Waals surface area contributed by atoms with Crippen LogP contribution in [0.1, 0.15) is 11.1 Å². The van der Waals surface area contributed by atoms with Crippen molar-refractivity contribution in [3.05, 3.63) is 35.4 Å². The van der Waals surface area contributed by atoms with Gasteiger partial charge in [-0.05, 0) is 36.8 Å². The maximum absolute atomic E-state index is 7.03. The Labute approximate surface area is 89.8 Å². The second-order valence-corrected chi connectivity index (χ2v) is 3.08. The first-order chi connectivity index (χ1) is 7.22. The first-order valence-electron chi connectivity index (χ1n) is 4.62. The lowest BCUT2D eigenvalue weighted by molar-refractivity contribution is 0.370. The van der Waals surface area contributed by atoms with Crippen molar-refractivity contribution in [3.63, 3.8) is 0 Å². The summed E-state index contributed by atoms with van der Waals surface area (Å²) in [7, 11) is 3.23. The average Bonchev–Trinajstić information content (AvgIpc) is 2.26. The van der Waals surface area contributed by atoms with Gasteiger partial charge in [0.2, 0.25) is 0 Å². The SMILES string of the molecule is CO/C(=C\C=N)c1ccc(OC)cc1C. The molecule has 80 valence electrons. The molecule has 1 aromatic rings. The van der Waals surface area contributed by atoms with Crippen molar-refractivity contribution in [3.8, 4) is 5.75 Å². The van der Waals surface area contributed by atoms with Crippen molar-refractivity contribution in [1.29, 1.82) is 5.41 Å². The summed E-state index contributed by atoms with van der Waals surface area (Å²) < 4.78 is 10.3. The highest BCUT2D eigenvalue weighted by Crippen LogP contribution is 2.23. The fourth-order valence-corrected chi connectivity index (χ4v) is 1.38. The van der Waals surface area contributed by atoms with Gasteiger partial charge in [0.25, 0.3) is 0 Å². The zero-order chi connectivity index (χ0) is 11.3. The van der Waals surface area contributed by atoms with Crippen LogP contribution in [0.5, 0.6) is 5.75 Å². The Hall–Kier alpha value is -1.77. The molecule has 0 aliphatic heterocycles. The lowest BCUT2D eigenvalue weighted by Crippen LogP contribution is -1.93. The number of rotatable bonds is 4. The summed E-state index contributed by atoms with van der Waals surface area (Å²) in [5.41, 5.74) is 2.03. The van der Waals surface area contributed by atoms with Crippen LogP contribution >= 0.6 is 0 Å². The molecule has 1 rings (SSSR count). The Balaban J connectivity index is 3.14. The molecule has 0 aliphatic carbocycles. The molecule has 0 radical (unpaired) electrons. The first kappa shape index (κ1) is 11.3. The van der Waals surface area contributed by atoms with Crippen LogP contribution in [0.15, 0.2) is 24.3 Å². The smallest absolute Gasteiger partial charge is 0.127 e. The van der Waals surface area contributed by atoms with E-state index in [1.165, 1.54) is 6.21 Å². The largest absolute Gasteiger partial charge is 0.497 e. The summed E-state index contributed by atoms with van der Waals surface area (Å²) in [6.07, 6.45) is 2.83. The fourth-order valence-electron chi connectivity index (χ4n) is 1.38. The van der Waals surface area contributed by atoms with E-state index in [-0.39, 0.29) is 0 Å². The Bertz CT molecular complexity index is 383. The summed E-state index contributed by atoms with van der Waals surface area (Å²) in [4.78, 5) is 0. The highest BCUT2D eigenvalue weighted by atomic mass is 16.5. The third kappa shape index (κ3) is 2.59. The van der Waals surface area contributed by atoms with Gasteiger partial charge in [-0.25, -0.2) is 0 Å². The number of ether oxygens (including phenoxy) is 2. The normalized spacial score (nSPS) is 11.0. The number of benzene rings is 1. The van der Waals surface area contributed by atoms with E-state index in [1.807, 2.05) is 25.1 Å². The van der Waals surface area contributed by atoms with Crippen molar-refractivity contribution in [2.45, 2.75) is 6.92 Å². The minimum absolute atomic E-state index is 0.685. The molecule has 0 heterocycles. The van der Waals surface area contributed by atoms with E-state index in [2.05, 4.69) is 0 Å². The number of nitrogens with one attached hydrogen (secondary N) is 1. The Morgan fingerprint density at radius 2 is 2.07 bits per heavy atom. The Morgan fingerprint density at radius 1 is 1.33 bits per heavy atom. The molecule has 0 aliphatic rings. The highest BCUT2D eigenvalue weighted by molar-refractivity contribution is 5.81. The van der Waals surface area contributed by atoms with E-state index >= 15 is 0 Å². The predicted octanol–water partition coefficient (Wildman–Crippen LogP) is 2.64. The van der Waals surface area contributed by atoms with Crippen LogP contribution in [0.25, 0.3) is 5.76 Å². The molecule has 15 heavy (non-hydrogen) atoms. The zero-order valence-corrected chi connectivity index (χ0v) is 9.20. The molecule has 0 fully saturated rings. The van der Waals surface area contributed by atoms with E-state index in [0.717, 1.165) is 16.9 Å². The molecule has 3 nitrogen and oxygen atoms in total. The molecule has 0 saturated carbocycles. The van der Waals surface area contributed by atoms with E-state index in [1.54, 1.807) is 20.3 Å². The monoisotopic (exact) mass is 205 g/mol. The number of aryl methyl sites for hydroxylation is 1. The third-order valence-electron chi connectivity index (χ3n) is 2.15. The maximum atomic E-state index is 7.03. The van der Waals surface area contributed by atoms with Crippen molar-refractivity contribution >= 4 is 12.0 Å². The molecule has 0 bridgehead atoms. The zero-order valence-electron chi connectivity index (χ0n) is 9.20. The van der Waals surface area contributed by atoms with Crippen LogP contribution < -0.4 is 4.74 Å². The third-order valence-corrected chi connectivity index (χ3v) is 2.15. The molecule has 1 N–H and O–H groups in total. The molecule has 0 saturated heterocycles. The molecule has 3 heteroatoms. The second-order valence-electron chi connectivity index (χ2n) is 3.08. The van der Waals surface area contributed by atoms with Crippen LogP contribution in [-0.2, 0) is 4.74 Å². The predicted molar refractivity (Wildman–Crippen MR) is 61.5 cm³/mol. The summed E-state index contributed by atoms with van der Waals surface area (Å²) in [6.45, 7) is 1.98. The summed E-state index contributed by atoms with van der Waals surface area (Å²) in [5, 5.41) is 7.03. The summed E-state index contributed by atoms with van der Waals surface area (Å²) in [5.74, 6) is 1.51. The lowest BCUT2D eigenvalue weighted by atomic mass is 10.1. The molecular formula is C12H15NO2. The summed E-state index contributed by atoms with van der Waals surface area (Å²) >= 11 is 0. The molecule has 0 aromatic heterocycles. The molecule has 0 spiro atoms. The number of hydrogen-bond donors (Lipinski definition) is 1.